The molecule has 3 heterocycles. The fourth-order valence-corrected chi connectivity index (χ4v) is 3.76. The zero-order chi connectivity index (χ0) is 18.8. The SMILES string of the molecule is O=C(CN1CCC(c2nnc3ccccn23)CC1)Nc1ccc(Cl)c(Cl)c1. The minimum atomic E-state index is -0.0558. The molecule has 0 bridgehead atoms. The summed E-state index contributed by atoms with van der Waals surface area (Å²) in [6, 6.07) is 11.0. The predicted molar refractivity (Wildman–Crippen MR) is 106 cm³/mol. The lowest BCUT2D eigenvalue weighted by molar-refractivity contribution is -0.117. The van der Waals surface area contributed by atoms with E-state index in [0.29, 0.717) is 28.2 Å². The lowest BCUT2D eigenvalue weighted by atomic mass is 9.96. The van der Waals surface area contributed by atoms with Crippen molar-refractivity contribution < 1.29 is 4.79 Å². The maximum Gasteiger partial charge on any atom is 0.238 e. The van der Waals surface area contributed by atoms with Gasteiger partial charge in [0, 0.05) is 17.8 Å². The standard InChI is InChI=1S/C19H19Cl2N5O/c20-15-5-4-14(11-16(15)21)22-18(27)12-25-9-6-13(7-10-25)19-24-23-17-3-1-2-8-26(17)19/h1-5,8,11,13H,6-7,9-10,12H2,(H,22,27). The number of fused-ring (bicyclic) bond motifs is 1. The molecule has 2 aromatic heterocycles. The maximum absolute atomic E-state index is 12.3. The van der Waals surface area contributed by atoms with E-state index >= 15 is 0 Å². The van der Waals surface area contributed by atoms with Gasteiger partial charge in [-0.2, -0.15) is 0 Å². The zero-order valence-corrected chi connectivity index (χ0v) is 16.1. The topological polar surface area (TPSA) is 62.5 Å². The summed E-state index contributed by atoms with van der Waals surface area (Å²) in [5, 5.41) is 12.4. The first-order chi connectivity index (χ1) is 13.1. The van der Waals surface area contributed by atoms with Crippen molar-refractivity contribution in [1.29, 1.82) is 0 Å². The van der Waals surface area contributed by atoms with Gasteiger partial charge < -0.3 is 5.32 Å². The number of anilines is 1. The number of rotatable bonds is 4. The highest BCUT2D eigenvalue weighted by Crippen LogP contribution is 2.27. The lowest BCUT2D eigenvalue weighted by Crippen LogP contribution is -2.39. The number of pyridine rings is 1. The van der Waals surface area contributed by atoms with Crippen molar-refractivity contribution in [1.82, 2.24) is 19.5 Å². The van der Waals surface area contributed by atoms with Gasteiger partial charge in [0.05, 0.1) is 16.6 Å². The van der Waals surface area contributed by atoms with Gasteiger partial charge in [-0.3, -0.25) is 14.1 Å². The Morgan fingerprint density at radius 1 is 1.11 bits per heavy atom. The van der Waals surface area contributed by atoms with Crippen LogP contribution in [0.2, 0.25) is 10.0 Å². The number of nitrogens with one attached hydrogen (secondary N) is 1. The monoisotopic (exact) mass is 403 g/mol. The summed E-state index contributed by atoms with van der Waals surface area (Å²) in [7, 11) is 0. The molecular formula is C19H19Cl2N5O. The lowest BCUT2D eigenvalue weighted by Gasteiger charge is -2.30. The number of piperidine rings is 1. The molecular weight excluding hydrogens is 385 g/mol. The van der Waals surface area contributed by atoms with Crippen LogP contribution >= 0.6 is 23.2 Å². The number of amides is 1. The Morgan fingerprint density at radius 3 is 2.70 bits per heavy atom. The van der Waals surface area contributed by atoms with Gasteiger partial charge in [-0.25, -0.2) is 0 Å². The number of carbonyl (C=O) groups excluding carboxylic acids is 1. The molecule has 3 aromatic rings. The number of hydrogen-bond acceptors (Lipinski definition) is 4. The van der Waals surface area contributed by atoms with Gasteiger partial charge in [-0.1, -0.05) is 29.3 Å². The number of benzene rings is 1. The Morgan fingerprint density at radius 2 is 1.93 bits per heavy atom. The van der Waals surface area contributed by atoms with E-state index in [4.69, 9.17) is 23.2 Å². The Labute approximate surface area is 167 Å². The minimum absolute atomic E-state index is 0.0558. The molecule has 0 saturated carbocycles. The Hall–Kier alpha value is -2.15. The summed E-state index contributed by atoms with van der Waals surface area (Å²) in [5.41, 5.74) is 1.52. The molecule has 1 fully saturated rings. The molecule has 1 N–H and O–H groups in total. The molecule has 0 atom stereocenters. The molecule has 0 radical (unpaired) electrons. The van der Waals surface area contributed by atoms with E-state index in [-0.39, 0.29) is 5.91 Å². The third-order valence-corrected chi connectivity index (χ3v) is 5.60. The van der Waals surface area contributed by atoms with Gasteiger partial charge in [0.2, 0.25) is 5.91 Å². The summed E-state index contributed by atoms with van der Waals surface area (Å²) < 4.78 is 2.05. The average Bonchev–Trinajstić information content (AvgIpc) is 3.09. The average molecular weight is 404 g/mol. The molecule has 8 heteroatoms. The van der Waals surface area contributed by atoms with Crippen molar-refractivity contribution >= 4 is 40.4 Å². The number of carbonyl (C=O) groups is 1. The Bertz CT molecular complexity index is 966. The molecule has 1 aliphatic rings. The first kappa shape index (κ1) is 18.2. The van der Waals surface area contributed by atoms with Crippen molar-refractivity contribution in [2.24, 2.45) is 0 Å². The van der Waals surface area contributed by atoms with Crippen LogP contribution in [0.4, 0.5) is 5.69 Å². The summed E-state index contributed by atoms with van der Waals surface area (Å²) in [6.07, 6.45) is 3.91. The minimum Gasteiger partial charge on any atom is -0.325 e. The number of halogens is 2. The van der Waals surface area contributed by atoms with E-state index in [1.807, 2.05) is 24.4 Å². The van der Waals surface area contributed by atoms with E-state index in [0.717, 1.165) is 37.4 Å². The molecule has 1 aromatic carbocycles. The highest BCUT2D eigenvalue weighted by atomic mass is 35.5. The highest BCUT2D eigenvalue weighted by Gasteiger charge is 2.25. The van der Waals surface area contributed by atoms with Crippen molar-refractivity contribution in [3.8, 4) is 0 Å². The predicted octanol–water partition coefficient (Wildman–Crippen LogP) is 3.85. The van der Waals surface area contributed by atoms with Crippen LogP contribution in [0.15, 0.2) is 42.6 Å². The zero-order valence-electron chi connectivity index (χ0n) is 14.6. The van der Waals surface area contributed by atoms with Crippen LogP contribution in [-0.2, 0) is 4.79 Å². The number of likely N-dealkylation sites (tertiary alicyclic amines) is 1. The van der Waals surface area contributed by atoms with Gasteiger partial charge in [0.15, 0.2) is 5.65 Å². The molecule has 0 aliphatic carbocycles. The van der Waals surface area contributed by atoms with Crippen molar-refractivity contribution in [3.63, 3.8) is 0 Å². The van der Waals surface area contributed by atoms with Crippen molar-refractivity contribution in [2.45, 2.75) is 18.8 Å². The Balaban J connectivity index is 1.32. The fraction of sp³-hybridized carbons (Fsp3) is 0.316. The normalized spacial score (nSPS) is 15.9. The molecule has 1 saturated heterocycles. The number of hydrogen-bond donors (Lipinski definition) is 1. The van der Waals surface area contributed by atoms with Crippen molar-refractivity contribution in [2.75, 3.05) is 25.0 Å². The molecule has 4 rings (SSSR count). The second kappa shape index (κ2) is 7.84. The summed E-state index contributed by atoms with van der Waals surface area (Å²) in [6.45, 7) is 2.05. The summed E-state index contributed by atoms with van der Waals surface area (Å²) in [5.74, 6) is 1.31. The van der Waals surface area contributed by atoms with Gasteiger partial charge in [-0.05, 0) is 56.3 Å². The van der Waals surface area contributed by atoms with Gasteiger partial charge in [0.1, 0.15) is 5.82 Å². The van der Waals surface area contributed by atoms with Crippen LogP contribution in [-0.4, -0.2) is 45.0 Å². The van der Waals surface area contributed by atoms with E-state index in [2.05, 4.69) is 24.8 Å². The summed E-state index contributed by atoms with van der Waals surface area (Å²) >= 11 is 11.9. The van der Waals surface area contributed by atoms with Crippen LogP contribution in [0.1, 0.15) is 24.6 Å². The largest absolute Gasteiger partial charge is 0.325 e. The molecule has 27 heavy (non-hydrogen) atoms. The molecule has 0 unspecified atom stereocenters. The second-order valence-electron chi connectivity index (χ2n) is 6.71. The second-order valence-corrected chi connectivity index (χ2v) is 7.53. The molecule has 1 amide bonds. The summed E-state index contributed by atoms with van der Waals surface area (Å²) in [4.78, 5) is 14.5. The van der Waals surface area contributed by atoms with Crippen LogP contribution in [0.25, 0.3) is 5.65 Å². The first-order valence-electron chi connectivity index (χ1n) is 8.87. The van der Waals surface area contributed by atoms with Gasteiger partial charge >= 0.3 is 0 Å². The number of aromatic nitrogens is 3. The first-order valence-corrected chi connectivity index (χ1v) is 9.62. The molecule has 140 valence electrons. The Kier molecular flexibility index (Phi) is 5.29. The van der Waals surface area contributed by atoms with E-state index in [9.17, 15) is 4.79 Å². The fourth-order valence-electron chi connectivity index (χ4n) is 3.47. The van der Waals surface area contributed by atoms with Gasteiger partial charge in [0.25, 0.3) is 0 Å². The smallest absolute Gasteiger partial charge is 0.238 e. The van der Waals surface area contributed by atoms with E-state index < -0.39 is 0 Å². The maximum atomic E-state index is 12.3. The molecule has 1 aliphatic heterocycles. The van der Waals surface area contributed by atoms with Crippen LogP contribution < -0.4 is 5.32 Å². The molecule has 6 nitrogen and oxygen atoms in total. The van der Waals surface area contributed by atoms with Crippen molar-refractivity contribution in [3.05, 3.63) is 58.5 Å². The van der Waals surface area contributed by atoms with E-state index in [1.165, 1.54) is 0 Å². The van der Waals surface area contributed by atoms with Gasteiger partial charge in [-0.15, -0.1) is 10.2 Å². The van der Waals surface area contributed by atoms with Crippen LogP contribution in [0.5, 0.6) is 0 Å². The third-order valence-electron chi connectivity index (χ3n) is 4.86. The quantitative estimate of drug-likeness (QED) is 0.718. The highest BCUT2D eigenvalue weighted by molar-refractivity contribution is 6.42. The third kappa shape index (κ3) is 4.08. The molecule has 0 spiro atoms. The van der Waals surface area contributed by atoms with Crippen LogP contribution in [0, 0.1) is 0 Å². The van der Waals surface area contributed by atoms with Crippen LogP contribution in [0.3, 0.4) is 0 Å². The van der Waals surface area contributed by atoms with E-state index in [1.54, 1.807) is 18.2 Å². The number of nitrogens with zero attached hydrogens (tertiary/aromatic N) is 4.